The Balaban J connectivity index is 1.82. The lowest BCUT2D eigenvalue weighted by Gasteiger charge is -2.28. The molecule has 2 aliphatic heterocycles. The summed E-state index contributed by atoms with van der Waals surface area (Å²) in [6.45, 7) is 2.84. The zero-order chi connectivity index (χ0) is 10.8. The Morgan fingerprint density at radius 3 is 2.80 bits per heavy atom. The maximum atomic E-state index is 10.2. The van der Waals surface area contributed by atoms with Gasteiger partial charge in [0.15, 0.2) is 0 Å². The lowest BCUT2D eigenvalue weighted by molar-refractivity contribution is 0.00660. The summed E-state index contributed by atoms with van der Waals surface area (Å²) >= 11 is 0. The predicted octanol–water partition coefficient (Wildman–Crippen LogP) is 1.59. The first-order valence-corrected chi connectivity index (χ1v) is 6.05. The van der Waals surface area contributed by atoms with Gasteiger partial charge in [0.05, 0.1) is 18.3 Å². The van der Waals surface area contributed by atoms with Crippen LogP contribution in [0.15, 0.2) is 0 Å². The molecule has 0 spiro atoms. The molecule has 1 N–H and O–H groups in total. The van der Waals surface area contributed by atoms with Crippen LogP contribution >= 0.6 is 0 Å². The zero-order valence-corrected chi connectivity index (χ0v) is 9.69. The Kier molecular flexibility index (Phi) is 3.65. The molecule has 3 heteroatoms. The van der Waals surface area contributed by atoms with Crippen molar-refractivity contribution in [2.75, 3.05) is 13.7 Å². The van der Waals surface area contributed by atoms with Gasteiger partial charge in [-0.25, -0.2) is 0 Å². The minimum Gasteiger partial charge on any atom is -0.392 e. The molecule has 0 aromatic heterocycles. The fourth-order valence-corrected chi connectivity index (χ4v) is 2.93. The first-order chi connectivity index (χ1) is 7.22. The molecule has 2 bridgehead atoms. The van der Waals surface area contributed by atoms with E-state index in [4.69, 9.17) is 9.47 Å². The number of ether oxygens (including phenoxy) is 2. The van der Waals surface area contributed by atoms with E-state index in [9.17, 15) is 5.11 Å². The van der Waals surface area contributed by atoms with Crippen LogP contribution in [-0.2, 0) is 9.47 Å². The van der Waals surface area contributed by atoms with Crippen LogP contribution in [0.2, 0.25) is 0 Å². The number of rotatable bonds is 5. The van der Waals surface area contributed by atoms with Crippen LogP contribution in [0.4, 0.5) is 0 Å². The molecule has 0 saturated carbocycles. The number of fused-ring (bicyclic) bond motifs is 2. The highest BCUT2D eigenvalue weighted by Gasteiger charge is 2.44. The van der Waals surface area contributed by atoms with Gasteiger partial charge in [-0.1, -0.05) is 6.92 Å². The minimum absolute atomic E-state index is 0.213. The minimum atomic E-state index is -0.213. The molecule has 0 aromatic rings. The van der Waals surface area contributed by atoms with Crippen LogP contribution in [0.5, 0.6) is 0 Å². The SMILES string of the molecule is COCCC(C)C(O)C1CC2CCC1O2. The van der Waals surface area contributed by atoms with Crippen LogP contribution in [0.25, 0.3) is 0 Å². The molecule has 15 heavy (non-hydrogen) atoms. The van der Waals surface area contributed by atoms with Gasteiger partial charge in [0.25, 0.3) is 0 Å². The number of aliphatic hydroxyl groups is 1. The molecule has 2 saturated heterocycles. The number of aliphatic hydroxyl groups excluding tert-OH is 1. The van der Waals surface area contributed by atoms with Crippen molar-refractivity contribution in [2.45, 2.75) is 50.9 Å². The van der Waals surface area contributed by atoms with Crippen molar-refractivity contribution in [3.05, 3.63) is 0 Å². The summed E-state index contributed by atoms with van der Waals surface area (Å²) in [6.07, 6.45) is 4.88. The monoisotopic (exact) mass is 214 g/mol. The highest BCUT2D eigenvalue weighted by molar-refractivity contribution is 4.93. The Morgan fingerprint density at radius 1 is 1.47 bits per heavy atom. The maximum absolute atomic E-state index is 10.2. The van der Waals surface area contributed by atoms with Crippen molar-refractivity contribution in [1.82, 2.24) is 0 Å². The summed E-state index contributed by atoms with van der Waals surface area (Å²) in [5.41, 5.74) is 0. The van der Waals surface area contributed by atoms with Crippen LogP contribution in [0, 0.1) is 11.8 Å². The Morgan fingerprint density at radius 2 is 2.27 bits per heavy atom. The first kappa shape index (κ1) is 11.4. The van der Waals surface area contributed by atoms with E-state index in [1.54, 1.807) is 7.11 Å². The topological polar surface area (TPSA) is 38.7 Å². The molecule has 2 heterocycles. The van der Waals surface area contributed by atoms with Crippen molar-refractivity contribution in [3.63, 3.8) is 0 Å². The van der Waals surface area contributed by atoms with E-state index in [2.05, 4.69) is 6.92 Å². The van der Waals surface area contributed by atoms with Crippen LogP contribution in [0.3, 0.4) is 0 Å². The fourth-order valence-electron chi connectivity index (χ4n) is 2.93. The first-order valence-electron chi connectivity index (χ1n) is 6.05. The van der Waals surface area contributed by atoms with E-state index >= 15 is 0 Å². The second-order valence-electron chi connectivity index (χ2n) is 5.02. The van der Waals surface area contributed by atoms with Crippen molar-refractivity contribution >= 4 is 0 Å². The Bertz CT molecular complexity index is 207. The third-order valence-corrected chi connectivity index (χ3v) is 3.95. The standard InChI is InChI=1S/C12H22O3/c1-8(5-6-14-2)12(13)10-7-9-3-4-11(10)15-9/h8-13H,3-7H2,1-2H3. The molecule has 2 aliphatic rings. The van der Waals surface area contributed by atoms with Crippen molar-refractivity contribution < 1.29 is 14.6 Å². The van der Waals surface area contributed by atoms with Gasteiger partial charge in [-0.05, 0) is 31.6 Å². The highest BCUT2D eigenvalue weighted by Crippen LogP contribution is 2.42. The summed E-state index contributed by atoms with van der Waals surface area (Å²) in [4.78, 5) is 0. The lowest BCUT2D eigenvalue weighted by Crippen LogP contribution is -2.34. The van der Waals surface area contributed by atoms with Gasteiger partial charge < -0.3 is 14.6 Å². The molecule has 2 rings (SSSR count). The zero-order valence-electron chi connectivity index (χ0n) is 9.69. The third kappa shape index (κ3) is 2.35. The number of methoxy groups -OCH3 is 1. The van der Waals surface area contributed by atoms with Gasteiger partial charge in [0.1, 0.15) is 0 Å². The van der Waals surface area contributed by atoms with Gasteiger partial charge in [-0.15, -0.1) is 0 Å². The predicted molar refractivity (Wildman–Crippen MR) is 57.7 cm³/mol. The molecule has 2 fully saturated rings. The second-order valence-corrected chi connectivity index (χ2v) is 5.02. The molecule has 0 amide bonds. The summed E-state index contributed by atoms with van der Waals surface area (Å²) < 4.78 is 10.8. The largest absolute Gasteiger partial charge is 0.392 e. The normalized spacial score (nSPS) is 38.2. The summed E-state index contributed by atoms with van der Waals surface area (Å²) in [5, 5.41) is 10.2. The molecule has 0 aromatic carbocycles. The quantitative estimate of drug-likeness (QED) is 0.755. The Hall–Kier alpha value is -0.120. The van der Waals surface area contributed by atoms with E-state index in [-0.39, 0.29) is 6.10 Å². The second kappa shape index (κ2) is 4.81. The van der Waals surface area contributed by atoms with E-state index in [1.165, 1.54) is 6.42 Å². The third-order valence-electron chi connectivity index (χ3n) is 3.95. The molecular formula is C12H22O3. The Labute approximate surface area is 91.8 Å². The van der Waals surface area contributed by atoms with Crippen LogP contribution in [0.1, 0.15) is 32.6 Å². The van der Waals surface area contributed by atoms with Gasteiger partial charge in [-0.2, -0.15) is 0 Å². The average molecular weight is 214 g/mol. The summed E-state index contributed by atoms with van der Waals surface area (Å²) in [5.74, 6) is 0.688. The highest BCUT2D eigenvalue weighted by atomic mass is 16.5. The molecule has 0 aliphatic carbocycles. The number of hydrogen-bond acceptors (Lipinski definition) is 3. The maximum Gasteiger partial charge on any atom is 0.0633 e. The van der Waals surface area contributed by atoms with E-state index < -0.39 is 0 Å². The summed E-state index contributed by atoms with van der Waals surface area (Å²) in [7, 11) is 1.71. The lowest BCUT2D eigenvalue weighted by atomic mass is 9.80. The average Bonchev–Trinajstić information content (AvgIpc) is 2.86. The smallest absolute Gasteiger partial charge is 0.0633 e. The van der Waals surface area contributed by atoms with E-state index in [0.717, 1.165) is 25.9 Å². The number of hydrogen-bond donors (Lipinski definition) is 1. The molecule has 88 valence electrons. The van der Waals surface area contributed by atoms with E-state index in [0.29, 0.717) is 24.0 Å². The molecule has 0 radical (unpaired) electrons. The molecule has 5 atom stereocenters. The van der Waals surface area contributed by atoms with Crippen LogP contribution in [-0.4, -0.2) is 37.1 Å². The van der Waals surface area contributed by atoms with Crippen molar-refractivity contribution in [2.24, 2.45) is 11.8 Å². The van der Waals surface area contributed by atoms with Crippen molar-refractivity contribution in [3.8, 4) is 0 Å². The molecule has 5 unspecified atom stereocenters. The summed E-state index contributed by atoms with van der Waals surface area (Å²) in [6, 6.07) is 0. The molecular weight excluding hydrogens is 192 g/mol. The molecule has 3 nitrogen and oxygen atoms in total. The van der Waals surface area contributed by atoms with Gasteiger partial charge in [0, 0.05) is 19.6 Å². The van der Waals surface area contributed by atoms with E-state index in [1.807, 2.05) is 0 Å². The van der Waals surface area contributed by atoms with Gasteiger partial charge in [0.2, 0.25) is 0 Å². The van der Waals surface area contributed by atoms with Crippen LogP contribution < -0.4 is 0 Å². The van der Waals surface area contributed by atoms with Crippen molar-refractivity contribution in [1.29, 1.82) is 0 Å². The van der Waals surface area contributed by atoms with Gasteiger partial charge >= 0.3 is 0 Å². The van der Waals surface area contributed by atoms with Gasteiger partial charge in [-0.3, -0.25) is 0 Å². The fraction of sp³-hybridized carbons (Fsp3) is 1.00.